The fraction of sp³-hybridized carbons (Fsp3) is 0.556. The predicted molar refractivity (Wildman–Crippen MR) is 94.7 cm³/mol. The minimum absolute atomic E-state index is 0.0619. The fourth-order valence-electron chi connectivity index (χ4n) is 1.94. The molecule has 0 saturated carbocycles. The lowest BCUT2D eigenvalue weighted by Crippen LogP contribution is -2.26. The maximum atomic E-state index is 11.8. The lowest BCUT2D eigenvalue weighted by molar-refractivity contribution is -0.155. The molecule has 1 heterocycles. The van der Waals surface area contributed by atoms with Crippen LogP contribution in [0.15, 0.2) is 18.2 Å². The highest BCUT2D eigenvalue weighted by atomic mass is 16.6. The first kappa shape index (κ1) is 21.0. The maximum Gasteiger partial charge on any atom is 0.328 e. The quantitative estimate of drug-likeness (QED) is 0.830. The highest BCUT2D eigenvalue weighted by Crippen LogP contribution is 2.23. The number of esters is 1. The monoisotopic (exact) mass is 322 g/mol. The van der Waals surface area contributed by atoms with Crippen molar-refractivity contribution in [2.24, 2.45) is 0 Å². The largest absolute Gasteiger partial charge is 0.508 e. The minimum atomic E-state index is -0.507. The van der Waals surface area contributed by atoms with Crippen LogP contribution in [0.5, 0.6) is 5.75 Å². The van der Waals surface area contributed by atoms with Gasteiger partial charge in [0.25, 0.3) is 0 Å². The van der Waals surface area contributed by atoms with Crippen LogP contribution in [0.3, 0.4) is 0 Å². The molecular formula is C18H30N2O3. The first-order chi connectivity index (χ1) is 10.8. The summed E-state index contributed by atoms with van der Waals surface area (Å²) in [6.07, 6.45) is 0. The average Bonchev–Trinajstić information content (AvgIpc) is 2.77. The van der Waals surface area contributed by atoms with Crippen LogP contribution in [0.2, 0.25) is 0 Å². The van der Waals surface area contributed by atoms with E-state index in [9.17, 15) is 9.90 Å². The zero-order valence-corrected chi connectivity index (χ0v) is 15.6. The SMILES string of the molecule is CC.CC.Cc1nn(CC(=O)OC(C)(C)C)c2ccc(O)cc12. The zero-order valence-electron chi connectivity index (χ0n) is 15.6. The Balaban J connectivity index is 0.00000112. The third-order valence-electron chi connectivity index (χ3n) is 2.62. The van der Waals surface area contributed by atoms with Crippen molar-refractivity contribution in [3.8, 4) is 5.75 Å². The molecule has 0 saturated heterocycles. The topological polar surface area (TPSA) is 64.4 Å². The van der Waals surface area contributed by atoms with Crippen molar-refractivity contribution in [3.05, 3.63) is 23.9 Å². The van der Waals surface area contributed by atoms with Gasteiger partial charge in [-0.2, -0.15) is 5.10 Å². The second-order valence-electron chi connectivity index (χ2n) is 5.53. The van der Waals surface area contributed by atoms with Gasteiger partial charge in [-0.3, -0.25) is 9.48 Å². The lowest BCUT2D eigenvalue weighted by Gasteiger charge is -2.19. The molecule has 0 unspecified atom stereocenters. The molecule has 0 spiro atoms. The smallest absolute Gasteiger partial charge is 0.328 e. The number of carbonyl (C=O) groups excluding carboxylic acids is 1. The number of phenolic OH excluding ortho intramolecular Hbond substituents is 1. The van der Waals surface area contributed by atoms with Gasteiger partial charge in [0.1, 0.15) is 17.9 Å². The average molecular weight is 322 g/mol. The molecule has 0 radical (unpaired) electrons. The number of hydrogen-bond donors (Lipinski definition) is 1. The molecule has 5 nitrogen and oxygen atoms in total. The summed E-state index contributed by atoms with van der Waals surface area (Å²) in [5.74, 6) is -0.141. The van der Waals surface area contributed by atoms with Gasteiger partial charge in [-0.1, -0.05) is 27.7 Å². The Labute approximate surface area is 139 Å². The van der Waals surface area contributed by atoms with Gasteiger partial charge >= 0.3 is 5.97 Å². The number of aromatic hydroxyl groups is 1. The van der Waals surface area contributed by atoms with Gasteiger partial charge in [0, 0.05) is 5.39 Å². The standard InChI is InChI=1S/C14H18N2O3.2C2H6/c1-9-11-7-10(17)5-6-12(11)16(15-9)8-13(18)19-14(2,3)4;2*1-2/h5-7,17H,8H2,1-4H3;2*1-2H3. The van der Waals surface area contributed by atoms with Crippen LogP contribution < -0.4 is 0 Å². The van der Waals surface area contributed by atoms with Crippen LogP contribution in [-0.2, 0) is 16.1 Å². The van der Waals surface area contributed by atoms with Crippen LogP contribution in [0.4, 0.5) is 0 Å². The highest BCUT2D eigenvalue weighted by molar-refractivity contribution is 5.84. The molecule has 0 fully saturated rings. The van der Waals surface area contributed by atoms with Crippen molar-refractivity contribution < 1.29 is 14.6 Å². The number of carbonyl (C=O) groups is 1. The number of aromatic nitrogens is 2. The van der Waals surface area contributed by atoms with E-state index in [2.05, 4.69) is 5.10 Å². The molecule has 0 bridgehead atoms. The number of ether oxygens (including phenoxy) is 1. The summed E-state index contributed by atoms with van der Waals surface area (Å²) in [5.41, 5.74) is 1.07. The number of aryl methyl sites for hydroxylation is 1. The van der Waals surface area contributed by atoms with Crippen LogP contribution in [0, 0.1) is 6.92 Å². The van der Waals surface area contributed by atoms with Crippen molar-refractivity contribution in [1.29, 1.82) is 0 Å². The second-order valence-corrected chi connectivity index (χ2v) is 5.53. The summed E-state index contributed by atoms with van der Waals surface area (Å²) in [6.45, 7) is 15.4. The van der Waals surface area contributed by atoms with Gasteiger partial charge in [-0.25, -0.2) is 0 Å². The lowest BCUT2D eigenvalue weighted by atomic mass is 10.2. The Hall–Kier alpha value is -2.04. The summed E-state index contributed by atoms with van der Waals surface area (Å²) in [7, 11) is 0. The van der Waals surface area contributed by atoms with Gasteiger partial charge in [-0.05, 0) is 45.9 Å². The molecule has 1 aromatic carbocycles. The summed E-state index contributed by atoms with van der Waals surface area (Å²) in [4.78, 5) is 11.8. The molecule has 0 aliphatic rings. The summed E-state index contributed by atoms with van der Waals surface area (Å²) < 4.78 is 6.87. The van der Waals surface area contributed by atoms with E-state index in [1.807, 2.05) is 55.4 Å². The van der Waals surface area contributed by atoms with Gasteiger partial charge < -0.3 is 9.84 Å². The minimum Gasteiger partial charge on any atom is -0.508 e. The van der Waals surface area contributed by atoms with E-state index in [4.69, 9.17) is 4.74 Å². The normalized spacial score (nSPS) is 10.3. The molecule has 5 heteroatoms. The molecule has 2 aromatic rings. The fourth-order valence-corrected chi connectivity index (χ4v) is 1.94. The van der Waals surface area contributed by atoms with E-state index in [-0.39, 0.29) is 18.3 Å². The number of benzene rings is 1. The Morgan fingerprint density at radius 3 is 2.30 bits per heavy atom. The molecule has 130 valence electrons. The Morgan fingerprint density at radius 2 is 1.78 bits per heavy atom. The van der Waals surface area contributed by atoms with Crippen molar-refractivity contribution in [2.45, 2.75) is 67.5 Å². The van der Waals surface area contributed by atoms with Gasteiger partial charge in [0.05, 0.1) is 11.2 Å². The summed E-state index contributed by atoms with van der Waals surface area (Å²) in [5, 5.41) is 14.6. The summed E-state index contributed by atoms with van der Waals surface area (Å²) in [6, 6.07) is 4.97. The van der Waals surface area contributed by atoms with E-state index in [1.54, 1.807) is 22.9 Å². The summed E-state index contributed by atoms with van der Waals surface area (Å²) >= 11 is 0. The van der Waals surface area contributed by atoms with Gasteiger partial charge in [-0.15, -0.1) is 0 Å². The van der Waals surface area contributed by atoms with Crippen molar-refractivity contribution in [3.63, 3.8) is 0 Å². The Morgan fingerprint density at radius 1 is 1.22 bits per heavy atom. The van der Waals surface area contributed by atoms with Crippen LogP contribution in [0.1, 0.15) is 54.2 Å². The maximum absolute atomic E-state index is 11.8. The second kappa shape index (κ2) is 9.18. The van der Waals surface area contributed by atoms with E-state index < -0.39 is 5.60 Å². The van der Waals surface area contributed by atoms with E-state index >= 15 is 0 Å². The van der Waals surface area contributed by atoms with Crippen molar-refractivity contribution in [2.75, 3.05) is 0 Å². The van der Waals surface area contributed by atoms with Crippen LogP contribution >= 0.6 is 0 Å². The molecule has 0 aliphatic heterocycles. The highest BCUT2D eigenvalue weighted by Gasteiger charge is 2.18. The number of phenols is 1. The van der Waals surface area contributed by atoms with Crippen LogP contribution in [-0.4, -0.2) is 26.5 Å². The van der Waals surface area contributed by atoms with Crippen molar-refractivity contribution in [1.82, 2.24) is 9.78 Å². The zero-order chi connectivity index (χ0) is 18.2. The first-order valence-corrected chi connectivity index (χ1v) is 8.14. The van der Waals surface area contributed by atoms with Gasteiger partial charge in [0.15, 0.2) is 0 Å². The number of nitrogens with zero attached hydrogens (tertiary/aromatic N) is 2. The molecule has 0 amide bonds. The third-order valence-corrected chi connectivity index (χ3v) is 2.62. The number of rotatable bonds is 2. The molecular weight excluding hydrogens is 292 g/mol. The van der Waals surface area contributed by atoms with E-state index in [1.165, 1.54) is 0 Å². The van der Waals surface area contributed by atoms with Crippen molar-refractivity contribution >= 4 is 16.9 Å². The molecule has 2 rings (SSSR count). The van der Waals surface area contributed by atoms with Gasteiger partial charge in [0.2, 0.25) is 0 Å². The first-order valence-electron chi connectivity index (χ1n) is 8.14. The van der Waals surface area contributed by atoms with E-state index in [0.717, 1.165) is 16.6 Å². The number of fused-ring (bicyclic) bond motifs is 1. The Bertz CT molecular complexity index is 625. The van der Waals surface area contributed by atoms with E-state index in [0.29, 0.717) is 0 Å². The van der Waals surface area contributed by atoms with Crippen LogP contribution in [0.25, 0.3) is 10.9 Å². The molecule has 1 aromatic heterocycles. The number of hydrogen-bond acceptors (Lipinski definition) is 4. The molecule has 23 heavy (non-hydrogen) atoms. The molecule has 0 aliphatic carbocycles. The predicted octanol–water partition coefficient (Wildman–Crippen LogP) is 4.44. The Kier molecular flexibility index (Phi) is 8.36. The molecule has 1 N–H and O–H groups in total. The molecule has 0 atom stereocenters. The third kappa shape index (κ3) is 6.30.